The fourth-order valence-corrected chi connectivity index (χ4v) is 2.49. The van der Waals surface area contributed by atoms with Crippen LogP contribution in [0.2, 0.25) is 0 Å². The second kappa shape index (κ2) is 4.71. The third kappa shape index (κ3) is 1.81. The molecule has 0 aromatic heterocycles. The summed E-state index contributed by atoms with van der Waals surface area (Å²) in [4.78, 5) is 11.7. The molecule has 1 aliphatic heterocycles. The monoisotopic (exact) mass is 264 g/mol. The smallest absolute Gasteiger partial charge is 0.251 e. The van der Waals surface area contributed by atoms with E-state index in [9.17, 15) is 4.79 Å². The van der Waals surface area contributed by atoms with Crippen molar-refractivity contribution in [3.8, 4) is 22.9 Å². The lowest BCUT2D eigenvalue weighted by atomic mass is 9.95. The normalized spacial score (nSPS) is 12.5. The summed E-state index contributed by atoms with van der Waals surface area (Å²) in [6.45, 7) is 0.521. The van der Waals surface area contributed by atoms with E-state index in [0.717, 1.165) is 16.7 Å². The molecule has 0 radical (unpaired) electrons. The van der Waals surface area contributed by atoms with Crippen LogP contribution in [0.5, 0.6) is 5.75 Å². The van der Waals surface area contributed by atoms with Crippen LogP contribution in [0.1, 0.15) is 21.5 Å². The highest BCUT2D eigenvalue weighted by Crippen LogP contribution is 2.35. The van der Waals surface area contributed by atoms with Gasteiger partial charge >= 0.3 is 0 Å². The Balaban J connectivity index is 2.20. The number of methoxy groups -OCH3 is 1. The van der Waals surface area contributed by atoms with Gasteiger partial charge in [-0.1, -0.05) is 12.1 Å². The minimum atomic E-state index is -0.0468. The van der Waals surface area contributed by atoms with Crippen molar-refractivity contribution < 1.29 is 9.53 Å². The Morgan fingerprint density at radius 1 is 1.20 bits per heavy atom. The van der Waals surface area contributed by atoms with Crippen molar-refractivity contribution in [2.45, 2.75) is 6.54 Å². The van der Waals surface area contributed by atoms with E-state index in [0.29, 0.717) is 23.4 Å². The quantitative estimate of drug-likeness (QED) is 0.906. The van der Waals surface area contributed by atoms with Gasteiger partial charge in [-0.15, -0.1) is 0 Å². The lowest BCUT2D eigenvalue weighted by molar-refractivity contribution is 0.0966. The van der Waals surface area contributed by atoms with Gasteiger partial charge in [-0.05, 0) is 35.4 Å². The van der Waals surface area contributed by atoms with Gasteiger partial charge in [-0.3, -0.25) is 4.79 Å². The van der Waals surface area contributed by atoms with Crippen LogP contribution in [0, 0.1) is 11.3 Å². The highest BCUT2D eigenvalue weighted by atomic mass is 16.5. The zero-order valence-electron chi connectivity index (χ0n) is 10.9. The van der Waals surface area contributed by atoms with E-state index in [1.54, 1.807) is 19.2 Å². The molecule has 4 nitrogen and oxygen atoms in total. The standard InChI is InChI=1S/C16H12N2O2/c1-20-15-7-10(8-17)5-6-12(15)11-3-2-4-13-14(11)9-18-16(13)19/h2-7H,9H2,1H3,(H,18,19). The number of benzene rings is 2. The van der Waals surface area contributed by atoms with E-state index in [1.165, 1.54) is 0 Å². The van der Waals surface area contributed by atoms with Crippen molar-refractivity contribution in [2.75, 3.05) is 7.11 Å². The minimum Gasteiger partial charge on any atom is -0.496 e. The minimum absolute atomic E-state index is 0.0468. The third-order valence-corrected chi connectivity index (χ3v) is 3.47. The van der Waals surface area contributed by atoms with E-state index < -0.39 is 0 Å². The molecule has 0 aliphatic carbocycles. The predicted octanol–water partition coefficient (Wildman–Crippen LogP) is 2.48. The summed E-state index contributed by atoms with van der Waals surface area (Å²) in [5, 5.41) is 11.8. The van der Waals surface area contributed by atoms with Gasteiger partial charge in [0.2, 0.25) is 0 Å². The molecule has 1 amide bonds. The molecule has 0 fully saturated rings. The molecule has 20 heavy (non-hydrogen) atoms. The van der Waals surface area contributed by atoms with E-state index in [1.807, 2.05) is 24.3 Å². The van der Waals surface area contributed by atoms with Gasteiger partial charge in [0, 0.05) is 17.7 Å². The van der Waals surface area contributed by atoms with Crippen LogP contribution in [0.3, 0.4) is 0 Å². The van der Waals surface area contributed by atoms with Crippen LogP contribution >= 0.6 is 0 Å². The third-order valence-electron chi connectivity index (χ3n) is 3.47. The van der Waals surface area contributed by atoms with Crippen LogP contribution in [-0.4, -0.2) is 13.0 Å². The molecule has 1 heterocycles. The first-order chi connectivity index (χ1) is 9.74. The molecule has 4 heteroatoms. The lowest BCUT2D eigenvalue weighted by Crippen LogP contribution is -2.12. The van der Waals surface area contributed by atoms with Crippen LogP contribution in [0.4, 0.5) is 0 Å². The maximum atomic E-state index is 11.7. The van der Waals surface area contributed by atoms with E-state index >= 15 is 0 Å². The summed E-state index contributed by atoms with van der Waals surface area (Å²) < 4.78 is 5.37. The number of hydrogen-bond acceptors (Lipinski definition) is 3. The number of rotatable bonds is 2. The largest absolute Gasteiger partial charge is 0.496 e. The first-order valence-corrected chi connectivity index (χ1v) is 6.23. The van der Waals surface area contributed by atoms with Crippen molar-refractivity contribution in [1.29, 1.82) is 5.26 Å². The molecule has 1 N–H and O–H groups in total. The van der Waals surface area contributed by atoms with Crippen molar-refractivity contribution in [3.63, 3.8) is 0 Å². The highest BCUT2D eigenvalue weighted by molar-refractivity contribution is 6.00. The molecule has 0 spiro atoms. The number of carbonyl (C=O) groups excluding carboxylic acids is 1. The molecule has 98 valence electrons. The van der Waals surface area contributed by atoms with Gasteiger partial charge in [0.15, 0.2) is 0 Å². The molecule has 0 atom stereocenters. The Kier molecular flexibility index (Phi) is 2.88. The fourth-order valence-electron chi connectivity index (χ4n) is 2.49. The van der Waals surface area contributed by atoms with Crippen LogP contribution < -0.4 is 10.1 Å². The second-order valence-corrected chi connectivity index (χ2v) is 4.54. The van der Waals surface area contributed by atoms with E-state index in [4.69, 9.17) is 10.00 Å². The topological polar surface area (TPSA) is 62.1 Å². The Labute approximate surface area is 116 Å². The van der Waals surface area contributed by atoms with Crippen molar-refractivity contribution in [1.82, 2.24) is 5.32 Å². The maximum absolute atomic E-state index is 11.7. The van der Waals surface area contributed by atoms with Gasteiger partial charge in [-0.25, -0.2) is 0 Å². The highest BCUT2D eigenvalue weighted by Gasteiger charge is 2.23. The zero-order valence-corrected chi connectivity index (χ0v) is 10.9. The average molecular weight is 264 g/mol. The zero-order chi connectivity index (χ0) is 14.1. The molecule has 1 aliphatic rings. The number of nitriles is 1. The van der Waals surface area contributed by atoms with Gasteiger partial charge in [0.1, 0.15) is 5.75 Å². The average Bonchev–Trinajstić information content (AvgIpc) is 2.88. The Morgan fingerprint density at radius 2 is 2.00 bits per heavy atom. The fraction of sp³-hybridized carbons (Fsp3) is 0.125. The summed E-state index contributed by atoms with van der Waals surface area (Å²) in [6.07, 6.45) is 0. The van der Waals surface area contributed by atoms with Crippen molar-refractivity contribution in [2.24, 2.45) is 0 Å². The number of amides is 1. The first-order valence-electron chi connectivity index (χ1n) is 6.23. The summed E-state index contributed by atoms with van der Waals surface area (Å²) in [6, 6.07) is 13.0. The molecular formula is C16H12N2O2. The molecule has 2 aromatic rings. The van der Waals surface area contributed by atoms with Crippen molar-refractivity contribution >= 4 is 5.91 Å². The van der Waals surface area contributed by atoms with E-state index in [2.05, 4.69) is 11.4 Å². The van der Waals surface area contributed by atoms with Gasteiger partial charge in [-0.2, -0.15) is 5.26 Å². The summed E-state index contributed by atoms with van der Waals surface area (Å²) >= 11 is 0. The van der Waals surface area contributed by atoms with Gasteiger partial charge < -0.3 is 10.1 Å². The van der Waals surface area contributed by atoms with Crippen LogP contribution in [0.25, 0.3) is 11.1 Å². The van der Waals surface area contributed by atoms with Crippen LogP contribution in [0.15, 0.2) is 36.4 Å². The lowest BCUT2D eigenvalue weighted by Gasteiger charge is -2.12. The molecule has 0 unspecified atom stereocenters. The Hall–Kier alpha value is -2.80. The maximum Gasteiger partial charge on any atom is 0.251 e. The Morgan fingerprint density at radius 3 is 2.75 bits per heavy atom. The van der Waals surface area contributed by atoms with Gasteiger partial charge in [0.25, 0.3) is 5.91 Å². The van der Waals surface area contributed by atoms with Gasteiger partial charge in [0.05, 0.1) is 18.7 Å². The summed E-state index contributed by atoms with van der Waals surface area (Å²) in [7, 11) is 1.58. The molecule has 0 saturated carbocycles. The number of ether oxygens (including phenoxy) is 1. The molecule has 3 rings (SSSR count). The summed E-state index contributed by atoms with van der Waals surface area (Å²) in [5.41, 5.74) is 4.07. The van der Waals surface area contributed by atoms with Crippen molar-refractivity contribution in [3.05, 3.63) is 53.1 Å². The number of hydrogen-bond donors (Lipinski definition) is 1. The molecule has 2 aromatic carbocycles. The second-order valence-electron chi connectivity index (χ2n) is 4.54. The summed E-state index contributed by atoms with van der Waals surface area (Å²) in [5.74, 6) is 0.589. The molecule has 0 saturated heterocycles. The number of fused-ring (bicyclic) bond motifs is 1. The number of nitrogens with zero attached hydrogens (tertiary/aromatic N) is 1. The predicted molar refractivity (Wildman–Crippen MR) is 74.3 cm³/mol. The first kappa shape index (κ1) is 12.2. The number of carbonyl (C=O) groups is 1. The molecule has 0 bridgehead atoms. The van der Waals surface area contributed by atoms with E-state index in [-0.39, 0.29) is 5.91 Å². The van der Waals surface area contributed by atoms with Crippen LogP contribution in [-0.2, 0) is 6.54 Å². The molecular weight excluding hydrogens is 252 g/mol. The Bertz CT molecular complexity index is 745. The SMILES string of the molecule is COc1cc(C#N)ccc1-c1cccc2c1CNC2=O. The number of nitrogens with one attached hydrogen (secondary N) is 1.